The lowest BCUT2D eigenvalue weighted by molar-refractivity contribution is -0.126. The summed E-state index contributed by atoms with van der Waals surface area (Å²) in [5, 5.41) is 9.58. The minimum Gasteiger partial charge on any atom is -0.368 e. The first kappa shape index (κ1) is 18.7. The highest BCUT2D eigenvalue weighted by Gasteiger charge is 2.24. The van der Waals surface area contributed by atoms with Crippen LogP contribution in [-0.4, -0.2) is 37.0 Å². The first-order chi connectivity index (χ1) is 13.0. The lowest BCUT2D eigenvalue weighted by Gasteiger charge is -2.36. The molecule has 138 valence electrons. The number of aryl methyl sites for hydroxylation is 3. The second-order valence-electron chi connectivity index (χ2n) is 7.10. The van der Waals surface area contributed by atoms with E-state index in [9.17, 15) is 10.1 Å². The van der Waals surface area contributed by atoms with Gasteiger partial charge in [0.05, 0.1) is 0 Å². The average Bonchev–Trinajstić information content (AvgIpc) is 2.68. The molecule has 1 amide bonds. The Balaban J connectivity index is 1.74. The maximum Gasteiger partial charge on any atom is 0.264 e. The van der Waals surface area contributed by atoms with Gasteiger partial charge in [-0.15, -0.1) is 0 Å². The van der Waals surface area contributed by atoms with E-state index in [1.165, 1.54) is 11.3 Å². The van der Waals surface area contributed by atoms with Crippen LogP contribution in [0.25, 0.3) is 6.08 Å². The zero-order valence-electron chi connectivity index (χ0n) is 16.2. The number of nitriles is 1. The fourth-order valence-electron chi connectivity index (χ4n) is 3.68. The van der Waals surface area contributed by atoms with Crippen LogP contribution in [0, 0.1) is 32.1 Å². The molecule has 0 aliphatic carbocycles. The van der Waals surface area contributed by atoms with Gasteiger partial charge in [0, 0.05) is 31.9 Å². The smallest absolute Gasteiger partial charge is 0.264 e. The van der Waals surface area contributed by atoms with Gasteiger partial charge in [-0.05, 0) is 55.7 Å². The van der Waals surface area contributed by atoms with Crippen molar-refractivity contribution in [2.45, 2.75) is 20.8 Å². The van der Waals surface area contributed by atoms with Gasteiger partial charge in [0.1, 0.15) is 11.6 Å². The number of nitrogens with zero attached hydrogens (tertiary/aromatic N) is 3. The third-order valence-corrected chi connectivity index (χ3v) is 5.07. The highest BCUT2D eigenvalue weighted by atomic mass is 16.2. The third kappa shape index (κ3) is 4.20. The quantitative estimate of drug-likeness (QED) is 0.617. The summed E-state index contributed by atoms with van der Waals surface area (Å²) in [5.41, 5.74) is 5.70. The molecular weight excluding hydrogens is 334 g/mol. The number of hydrogen-bond acceptors (Lipinski definition) is 3. The highest BCUT2D eigenvalue weighted by molar-refractivity contribution is 6.02. The fraction of sp³-hybridized carbons (Fsp3) is 0.304. The molecule has 3 rings (SSSR count). The predicted octanol–water partition coefficient (Wildman–Crippen LogP) is 3.87. The molecule has 0 atom stereocenters. The second-order valence-corrected chi connectivity index (χ2v) is 7.10. The van der Waals surface area contributed by atoms with E-state index in [2.05, 4.69) is 42.2 Å². The maximum absolute atomic E-state index is 12.9. The van der Waals surface area contributed by atoms with Crippen molar-refractivity contribution in [3.8, 4) is 6.07 Å². The van der Waals surface area contributed by atoms with E-state index < -0.39 is 0 Å². The number of amides is 1. The summed E-state index contributed by atoms with van der Waals surface area (Å²) in [5.74, 6) is -0.176. The number of carbonyl (C=O) groups excluding carboxylic acids is 1. The molecule has 1 aliphatic rings. The van der Waals surface area contributed by atoms with E-state index in [0.717, 1.165) is 29.8 Å². The van der Waals surface area contributed by atoms with Gasteiger partial charge in [0.2, 0.25) is 0 Å². The van der Waals surface area contributed by atoms with Crippen molar-refractivity contribution in [2.24, 2.45) is 0 Å². The van der Waals surface area contributed by atoms with Crippen molar-refractivity contribution in [2.75, 3.05) is 31.1 Å². The van der Waals surface area contributed by atoms with Crippen molar-refractivity contribution in [3.63, 3.8) is 0 Å². The van der Waals surface area contributed by atoms with Crippen LogP contribution in [-0.2, 0) is 4.79 Å². The molecule has 4 nitrogen and oxygen atoms in total. The lowest BCUT2D eigenvalue weighted by atomic mass is 9.97. The molecular formula is C23H25N3O. The lowest BCUT2D eigenvalue weighted by Crippen LogP contribution is -2.49. The van der Waals surface area contributed by atoms with Crippen LogP contribution < -0.4 is 4.90 Å². The Morgan fingerprint density at radius 1 is 1.00 bits per heavy atom. The molecule has 4 heteroatoms. The fourth-order valence-corrected chi connectivity index (χ4v) is 3.68. The molecule has 2 aromatic rings. The van der Waals surface area contributed by atoms with Crippen molar-refractivity contribution >= 4 is 17.7 Å². The second kappa shape index (κ2) is 8.09. The molecule has 1 saturated heterocycles. The van der Waals surface area contributed by atoms with E-state index in [1.807, 2.05) is 32.0 Å². The molecule has 0 saturated carbocycles. The zero-order chi connectivity index (χ0) is 19.4. The van der Waals surface area contributed by atoms with Crippen LogP contribution in [0.5, 0.6) is 0 Å². The molecule has 1 fully saturated rings. The molecule has 2 aromatic carbocycles. The van der Waals surface area contributed by atoms with Gasteiger partial charge in [-0.1, -0.05) is 35.9 Å². The van der Waals surface area contributed by atoms with E-state index in [-0.39, 0.29) is 11.5 Å². The number of piperazine rings is 1. The number of hydrogen-bond donors (Lipinski definition) is 0. The van der Waals surface area contributed by atoms with E-state index in [1.54, 1.807) is 11.0 Å². The zero-order valence-corrected chi connectivity index (χ0v) is 16.2. The van der Waals surface area contributed by atoms with Crippen LogP contribution in [0.15, 0.2) is 48.0 Å². The number of anilines is 1. The van der Waals surface area contributed by atoms with Crippen LogP contribution in [0.2, 0.25) is 0 Å². The average molecular weight is 359 g/mol. The van der Waals surface area contributed by atoms with Gasteiger partial charge in [0.15, 0.2) is 0 Å². The third-order valence-electron chi connectivity index (χ3n) is 5.07. The predicted molar refractivity (Wildman–Crippen MR) is 109 cm³/mol. The highest BCUT2D eigenvalue weighted by Crippen LogP contribution is 2.21. The Labute approximate surface area is 161 Å². The van der Waals surface area contributed by atoms with E-state index >= 15 is 0 Å². The number of rotatable bonds is 3. The van der Waals surface area contributed by atoms with Crippen LogP contribution in [0.3, 0.4) is 0 Å². The Morgan fingerprint density at radius 3 is 2.15 bits per heavy atom. The standard InChI is InChI=1S/C23H25N3O/c1-17-13-18(2)22(19(3)14-17)15-20(16-24)23(27)26-11-9-25(10-12-26)21-7-5-4-6-8-21/h4-8,13-15H,9-12H2,1-3H3/b20-15-. The maximum atomic E-state index is 12.9. The summed E-state index contributed by atoms with van der Waals surface area (Å²) < 4.78 is 0. The van der Waals surface area contributed by atoms with Crippen molar-refractivity contribution in [3.05, 3.63) is 70.3 Å². The molecule has 1 heterocycles. The van der Waals surface area contributed by atoms with Gasteiger partial charge < -0.3 is 9.80 Å². The van der Waals surface area contributed by atoms with Crippen LogP contribution >= 0.6 is 0 Å². The van der Waals surface area contributed by atoms with Crippen LogP contribution in [0.4, 0.5) is 5.69 Å². The summed E-state index contributed by atoms with van der Waals surface area (Å²) in [6.45, 7) is 8.88. The van der Waals surface area contributed by atoms with E-state index in [4.69, 9.17) is 0 Å². The summed E-state index contributed by atoms with van der Waals surface area (Å²) in [4.78, 5) is 16.9. The summed E-state index contributed by atoms with van der Waals surface area (Å²) in [6.07, 6.45) is 1.75. The first-order valence-corrected chi connectivity index (χ1v) is 9.28. The Kier molecular flexibility index (Phi) is 5.61. The normalized spacial score (nSPS) is 14.8. The minimum absolute atomic E-state index is 0.176. The van der Waals surface area contributed by atoms with Crippen molar-refractivity contribution in [1.29, 1.82) is 5.26 Å². The number of benzene rings is 2. The summed E-state index contributed by atoms with van der Waals surface area (Å²) >= 11 is 0. The summed E-state index contributed by atoms with van der Waals surface area (Å²) in [7, 11) is 0. The van der Waals surface area contributed by atoms with Crippen molar-refractivity contribution < 1.29 is 4.79 Å². The first-order valence-electron chi connectivity index (χ1n) is 9.28. The molecule has 27 heavy (non-hydrogen) atoms. The molecule has 0 unspecified atom stereocenters. The number of carbonyl (C=O) groups is 1. The Bertz CT molecular complexity index is 878. The topological polar surface area (TPSA) is 47.3 Å². The molecule has 0 spiro atoms. The van der Waals surface area contributed by atoms with Gasteiger partial charge in [-0.3, -0.25) is 4.79 Å². The van der Waals surface area contributed by atoms with Gasteiger partial charge in [0.25, 0.3) is 5.91 Å². The Hall–Kier alpha value is -3.06. The largest absolute Gasteiger partial charge is 0.368 e. The molecule has 0 bridgehead atoms. The van der Waals surface area contributed by atoms with E-state index in [0.29, 0.717) is 13.1 Å². The van der Waals surface area contributed by atoms with Crippen molar-refractivity contribution in [1.82, 2.24) is 4.90 Å². The van der Waals surface area contributed by atoms with Gasteiger partial charge >= 0.3 is 0 Å². The SMILES string of the molecule is Cc1cc(C)c(/C=C(/C#N)C(=O)N2CCN(c3ccccc3)CC2)c(C)c1. The van der Waals surface area contributed by atoms with Crippen LogP contribution in [0.1, 0.15) is 22.3 Å². The minimum atomic E-state index is -0.176. The Morgan fingerprint density at radius 2 is 1.59 bits per heavy atom. The number of para-hydroxylation sites is 1. The molecule has 0 N–H and O–H groups in total. The monoisotopic (exact) mass is 359 g/mol. The van der Waals surface area contributed by atoms with Gasteiger partial charge in [-0.25, -0.2) is 0 Å². The molecule has 0 aromatic heterocycles. The molecule has 1 aliphatic heterocycles. The molecule has 0 radical (unpaired) electrons. The van der Waals surface area contributed by atoms with Gasteiger partial charge in [-0.2, -0.15) is 5.26 Å². The summed E-state index contributed by atoms with van der Waals surface area (Å²) in [6, 6.07) is 16.5.